The second-order valence-electron chi connectivity index (χ2n) is 11.9. The summed E-state index contributed by atoms with van der Waals surface area (Å²) < 4.78 is 16.4. The number of hydrogen-bond donors (Lipinski definition) is 0. The van der Waals surface area contributed by atoms with Gasteiger partial charge in [-0.15, -0.1) is 6.26 Å². The van der Waals surface area contributed by atoms with Crippen LogP contribution in [0.2, 0.25) is 0 Å². The third kappa shape index (κ3) is 9.17. The Morgan fingerprint density at radius 1 is 0.467 bits per heavy atom. The standard InChI is InChI=1S/C33H45OP.C4H5O2.CH3.Eu.2Y/c1-16-19(4)25(10)31(26(11)20(16)5)35(34,32-27(12)21(6)17(2)22(7)28(32)13)33-29(14)23(8)18(3)24(9)30(33)15;1-4(2-5)3-6;;;;/h1-15H3;5H2,1H3;1H3;;;/q;2*-1;;;. The van der Waals surface area contributed by atoms with Crippen molar-refractivity contribution in [1.29, 1.82) is 0 Å². The molecule has 0 aliphatic heterocycles. The summed E-state index contributed by atoms with van der Waals surface area (Å²) >= 11 is 0. The molecular formula is C38H53EuO3PY2-2. The van der Waals surface area contributed by atoms with E-state index in [1.54, 1.807) is 0 Å². The van der Waals surface area contributed by atoms with Gasteiger partial charge in [-0.25, -0.2) is 0 Å². The van der Waals surface area contributed by atoms with Gasteiger partial charge >= 0.3 is 0 Å². The fourth-order valence-electron chi connectivity index (χ4n) is 6.22. The Balaban J connectivity index is -0.00000161. The van der Waals surface area contributed by atoms with Crippen molar-refractivity contribution in [3.8, 4) is 0 Å². The Bertz CT molecular complexity index is 1390. The second-order valence-corrected chi connectivity index (χ2v) is 14.4. The number of benzene rings is 3. The van der Waals surface area contributed by atoms with Crippen LogP contribution >= 0.6 is 7.14 Å². The van der Waals surface area contributed by atoms with E-state index in [9.17, 15) is 4.79 Å². The van der Waals surface area contributed by atoms with Crippen molar-refractivity contribution < 1.29 is 129 Å². The summed E-state index contributed by atoms with van der Waals surface area (Å²) in [5, 5.41) is 9.43. The van der Waals surface area contributed by atoms with Crippen LogP contribution in [0.15, 0.2) is 5.57 Å². The van der Waals surface area contributed by atoms with E-state index in [2.05, 4.69) is 104 Å². The fraction of sp³-hybridized carbons (Fsp3) is 0.421. The van der Waals surface area contributed by atoms with Gasteiger partial charge in [0, 0.05) is 131 Å². The molecule has 0 spiro atoms. The Morgan fingerprint density at radius 3 is 0.733 bits per heavy atom. The zero-order chi connectivity index (χ0) is 31.9. The van der Waals surface area contributed by atoms with Gasteiger partial charge < -0.3 is 21.9 Å². The number of hydrogen-bond acceptors (Lipinski definition) is 2. The van der Waals surface area contributed by atoms with Gasteiger partial charge in [0.15, 0.2) is 7.14 Å². The van der Waals surface area contributed by atoms with Crippen molar-refractivity contribution in [2.24, 2.45) is 0 Å². The van der Waals surface area contributed by atoms with Crippen LogP contribution in [0.1, 0.15) is 90.4 Å². The molecule has 3 aromatic rings. The van der Waals surface area contributed by atoms with E-state index in [0.717, 1.165) is 15.9 Å². The Labute approximate surface area is 366 Å². The van der Waals surface area contributed by atoms with Gasteiger partial charge in [-0.05, 0) is 187 Å². The molecule has 3 rings (SSSR count). The molecule has 0 atom stereocenters. The van der Waals surface area contributed by atoms with E-state index in [-0.39, 0.29) is 128 Å². The molecule has 0 amide bonds. The summed E-state index contributed by atoms with van der Waals surface area (Å²) in [7, 11) is -3.22. The third-order valence-corrected chi connectivity index (χ3v) is 14.1. The predicted molar refractivity (Wildman–Crippen MR) is 185 cm³/mol. The molecule has 0 unspecified atom stereocenters. The summed E-state index contributed by atoms with van der Waals surface area (Å²) in [5.41, 5.74) is 18.8. The molecule has 0 fully saturated rings. The van der Waals surface area contributed by atoms with Gasteiger partial charge in [0.2, 0.25) is 0 Å². The van der Waals surface area contributed by atoms with Gasteiger partial charge in [0.25, 0.3) is 0 Å². The van der Waals surface area contributed by atoms with E-state index in [0.29, 0.717) is 0 Å². The van der Waals surface area contributed by atoms with Crippen LogP contribution in [0.4, 0.5) is 0 Å². The third-order valence-electron chi connectivity index (χ3n) is 10.2. The molecule has 0 aromatic heterocycles. The van der Waals surface area contributed by atoms with E-state index < -0.39 is 7.14 Å². The number of allylic oxidation sites excluding steroid dienone is 1. The molecule has 7 heteroatoms. The summed E-state index contributed by atoms with van der Waals surface area (Å²) in [4.78, 5) is 9.39. The molecule has 3 nitrogen and oxygen atoms in total. The van der Waals surface area contributed by atoms with Crippen molar-refractivity contribution in [3.05, 3.63) is 103 Å². The molecule has 0 heterocycles. The van der Waals surface area contributed by atoms with Crippen molar-refractivity contribution >= 4 is 29.3 Å². The molecule has 45 heavy (non-hydrogen) atoms. The molecule has 0 aliphatic carbocycles. The van der Waals surface area contributed by atoms with Crippen LogP contribution in [0.25, 0.3) is 0 Å². The Hall–Kier alpha value is 0.892. The summed E-state index contributed by atoms with van der Waals surface area (Å²) in [6, 6.07) is 0. The first kappa shape index (κ1) is 50.3. The fourth-order valence-corrected chi connectivity index (χ4v) is 10.7. The SMILES string of the molecule is CC([C-]=O)=[C-][OH2+].Cc1c(C)c(C)c(P(=O)(c2c(C)c(C)c(C)c(C)c2C)c2c(C)c(C)c(C)c(C)c2C)c(C)c1C.[CH3-].[Eu].[Y].[Y]. The average Bonchev–Trinajstić information content (AvgIpc) is 2.94. The quantitative estimate of drug-likeness (QED) is 0.0879. The van der Waals surface area contributed by atoms with Crippen LogP contribution < -0.4 is 15.9 Å². The number of rotatable bonds is 4. The molecule has 0 saturated heterocycles. The van der Waals surface area contributed by atoms with Gasteiger partial charge in [-0.3, -0.25) is 11.9 Å². The molecule has 0 aliphatic rings. The van der Waals surface area contributed by atoms with Crippen molar-refractivity contribution in [2.45, 2.75) is 111 Å². The maximum Gasteiger partial charge on any atom is 0.172 e. The van der Waals surface area contributed by atoms with E-state index in [4.69, 9.17) is 5.11 Å². The summed E-state index contributed by atoms with van der Waals surface area (Å²) in [5.74, 6) is 0. The maximum absolute atomic E-state index is 16.4. The zero-order valence-corrected chi connectivity index (χ0v) is 39.8. The van der Waals surface area contributed by atoms with Crippen LogP contribution in [-0.2, 0) is 74.8 Å². The molecule has 0 saturated carbocycles. The van der Waals surface area contributed by atoms with E-state index >= 15 is 4.57 Å². The largest absolute Gasteiger partial charge is 0.759 e. The second kappa shape index (κ2) is 19.9. The van der Waals surface area contributed by atoms with Gasteiger partial charge in [-0.2, -0.15) is 0 Å². The molecule has 0 bridgehead atoms. The van der Waals surface area contributed by atoms with Crippen LogP contribution in [0.3, 0.4) is 0 Å². The van der Waals surface area contributed by atoms with E-state index in [1.165, 1.54) is 96.7 Å². The van der Waals surface area contributed by atoms with Crippen LogP contribution in [0, 0.1) is 167 Å². The molecule has 2 N–H and O–H groups in total. The Kier molecular flexibility index (Phi) is 22.3. The zero-order valence-electron chi connectivity index (χ0n) is 30.8. The van der Waals surface area contributed by atoms with Crippen molar-refractivity contribution in [1.82, 2.24) is 0 Å². The molecule has 3 radical (unpaired) electrons. The minimum atomic E-state index is -3.22. The molecular weight excluding hydrogens is 865 g/mol. The van der Waals surface area contributed by atoms with Gasteiger partial charge in [-0.1, -0.05) is 6.92 Å². The summed E-state index contributed by atoms with van der Waals surface area (Å²) in [6.07, 6.45) is 3.34. The molecule has 243 valence electrons. The first-order chi connectivity index (χ1) is 18.8. The van der Waals surface area contributed by atoms with Gasteiger partial charge in [0.05, 0.1) is 0 Å². The maximum atomic E-state index is 16.4. The molecule has 3 aromatic carbocycles. The number of carbonyl (C=O) groups excluding carboxylic acids is 1. The smallest absolute Gasteiger partial charge is 0.172 e. The average molecular weight is 919 g/mol. The Morgan fingerprint density at radius 2 is 0.622 bits per heavy atom. The van der Waals surface area contributed by atoms with Crippen molar-refractivity contribution in [2.75, 3.05) is 0 Å². The topological polar surface area (TPSA) is 57.0 Å². The van der Waals surface area contributed by atoms with E-state index in [1.807, 2.05) is 6.26 Å². The predicted octanol–water partition coefficient (Wildman–Crippen LogP) is 7.93. The van der Waals surface area contributed by atoms with Crippen molar-refractivity contribution in [3.63, 3.8) is 0 Å². The monoisotopic (exact) mass is 919 g/mol. The van der Waals surface area contributed by atoms with Gasteiger partial charge in [0.1, 0.15) is 0 Å². The first-order valence-electron chi connectivity index (χ1n) is 14.3. The minimum Gasteiger partial charge on any atom is -0.759 e. The normalized spacial score (nSPS) is 10.8. The first-order valence-corrected chi connectivity index (χ1v) is 16.0. The van der Waals surface area contributed by atoms with Crippen LogP contribution in [-0.4, -0.2) is 11.4 Å². The van der Waals surface area contributed by atoms with Crippen LogP contribution in [0.5, 0.6) is 0 Å². The minimum absolute atomic E-state index is 0. The summed E-state index contributed by atoms with van der Waals surface area (Å²) in [6.45, 7) is 34.4.